The van der Waals surface area contributed by atoms with Crippen molar-refractivity contribution in [2.75, 3.05) is 32.6 Å². The van der Waals surface area contributed by atoms with Gasteiger partial charge in [0.1, 0.15) is 11.8 Å². The summed E-state index contributed by atoms with van der Waals surface area (Å²) in [7, 11) is 1.65. The molecular weight excluding hydrogens is 352 g/mol. The third-order valence-electron chi connectivity index (χ3n) is 4.73. The highest BCUT2D eigenvalue weighted by Crippen LogP contribution is 2.46. The van der Waals surface area contributed by atoms with Crippen molar-refractivity contribution >= 4 is 17.7 Å². The van der Waals surface area contributed by atoms with Crippen LogP contribution in [0, 0.1) is 0 Å². The number of hydrogen-bond acceptors (Lipinski definition) is 6. The average Bonchev–Trinajstić information content (AvgIpc) is 3.26. The zero-order valence-corrected chi connectivity index (χ0v) is 15.5. The number of pyridine rings is 1. The maximum Gasteiger partial charge on any atom is 0.274 e. The molecule has 0 unspecified atom stereocenters. The third kappa shape index (κ3) is 3.57. The Bertz CT molecular complexity index is 761. The van der Waals surface area contributed by atoms with Crippen molar-refractivity contribution in [1.29, 1.82) is 0 Å². The zero-order valence-electron chi connectivity index (χ0n) is 14.7. The van der Waals surface area contributed by atoms with Crippen LogP contribution >= 0.6 is 11.8 Å². The summed E-state index contributed by atoms with van der Waals surface area (Å²) in [5, 5.41) is 4.34. The molecule has 4 heterocycles. The van der Waals surface area contributed by atoms with Crippen molar-refractivity contribution < 1.29 is 14.3 Å². The lowest BCUT2D eigenvalue weighted by atomic mass is 9.92. The number of likely N-dealkylation sites (tertiary alicyclic amines) is 1. The molecular formula is C18H22N4O3S. The van der Waals surface area contributed by atoms with Crippen LogP contribution in [0.3, 0.4) is 0 Å². The molecule has 0 N–H and O–H groups in total. The third-order valence-corrected chi connectivity index (χ3v) is 6.31. The number of aromatic nitrogens is 3. The fourth-order valence-corrected chi connectivity index (χ4v) is 4.95. The van der Waals surface area contributed by atoms with Gasteiger partial charge in [-0.05, 0) is 12.1 Å². The van der Waals surface area contributed by atoms with E-state index in [0.29, 0.717) is 24.7 Å². The van der Waals surface area contributed by atoms with Crippen LogP contribution in [0.15, 0.2) is 36.7 Å². The maximum atomic E-state index is 12.6. The molecule has 1 spiro atoms. The van der Waals surface area contributed by atoms with Crippen molar-refractivity contribution in [3.63, 3.8) is 0 Å². The first-order valence-corrected chi connectivity index (χ1v) is 9.69. The molecule has 2 aromatic rings. The summed E-state index contributed by atoms with van der Waals surface area (Å²) in [6.07, 6.45) is 4.66. The average molecular weight is 374 g/mol. The van der Waals surface area contributed by atoms with Gasteiger partial charge in [0.05, 0.1) is 17.9 Å². The molecule has 0 aromatic carbocycles. The van der Waals surface area contributed by atoms with E-state index in [0.717, 1.165) is 25.3 Å². The fraction of sp³-hybridized carbons (Fsp3) is 0.500. The number of methoxy groups -OCH3 is 1. The van der Waals surface area contributed by atoms with Gasteiger partial charge in [0.25, 0.3) is 5.91 Å². The lowest BCUT2D eigenvalue weighted by Gasteiger charge is -2.47. The molecule has 1 amide bonds. The van der Waals surface area contributed by atoms with Crippen LogP contribution in [-0.4, -0.2) is 69.0 Å². The minimum absolute atomic E-state index is 0.00138. The Labute approximate surface area is 156 Å². The largest absolute Gasteiger partial charge is 0.473 e. The first-order chi connectivity index (χ1) is 12.7. The molecule has 0 bridgehead atoms. The van der Waals surface area contributed by atoms with E-state index in [1.54, 1.807) is 24.1 Å². The van der Waals surface area contributed by atoms with Gasteiger partial charge in [-0.2, -0.15) is 5.10 Å². The molecule has 138 valence electrons. The Hall–Kier alpha value is -2.06. The molecule has 4 rings (SSSR count). The van der Waals surface area contributed by atoms with E-state index in [1.165, 1.54) is 0 Å². The standard InChI is InChI=1S/C18H22N4O3S/c1-24-9-8-22-7-5-15(20-22)17(23)21-12-18(13-21)10-14(11-26-18)25-16-4-2-3-6-19-16/h2-7,14H,8-13H2,1H3/t14-/m1/s1. The number of rotatable bonds is 6. The molecule has 26 heavy (non-hydrogen) atoms. The van der Waals surface area contributed by atoms with Gasteiger partial charge in [0.2, 0.25) is 5.88 Å². The summed E-state index contributed by atoms with van der Waals surface area (Å²) in [4.78, 5) is 18.7. The number of nitrogens with zero attached hydrogens (tertiary/aromatic N) is 4. The normalized spacial score (nSPS) is 21.0. The van der Waals surface area contributed by atoms with Gasteiger partial charge in [-0.25, -0.2) is 4.98 Å². The van der Waals surface area contributed by atoms with Gasteiger partial charge in [0.15, 0.2) is 0 Å². The van der Waals surface area contributed by atoms with E-state index in [4.69, 9.17) is 9.47 Å². The number of carbonyl (C=O) groups is 1. The van der Waals surface area contributed by atoms with Gasteiger partial charge in [-0.3, -0.25) is 9.48 Å². The first kappa shape index (κ1) is 17.4. The maximum absolute atomic E-state index is 12.6. The Morgan fingerprint density at radius 2 is 2.27 bits per heavy atom. The number of amides is 1. The molecule has 8 heteroatoms. The van der Waals surface area contributed by atoms with Crippen LogP contribution in [0.4, 0.5) is 0 Å². The summed E-state index contributed by atoms with van der Waals surface area (Å²) in [5.74, 6) is 1.61. The Balaban J connectivity index is 1.29. The van der Waals surface area contributed by atoms with Gasteiger partial charge in [-0.1, -0.05) is 6.07 Å². The van der Waals surface area contributed by atoms with E-state index < -0.39 is 0 Å². The number of ether oxygens (including phenoxy) is 2. The van der Waals surface area contributed by atoms with Crippen molar-refractivity contribution in [1.82, 2.24) is 19.7 Å². The number of hydrogen-bond donors (Lipinski definition) is 0. The van der Waals surface area contributed by atoms with Crippen molar-refractivity contribution in [3.8, 4) is 5.88 Å². The molecule has 2 aliphatic heterocycles. The van der Waals surface area contributed by atoms with Crippen LogP contribution in [0.25, 0.3) is 0 Å². The quantitative estimate of drug-likeness (QED) is 0.767. The molecule has 0 radical (unpaired) electrons. The second kappa shape index (κ2) is 7.28. The van der Waals surface area contributed by atoms with Gasteiger partial charge >= 0.3 is 0 Å². The van der Waals surface area contributed by atoms with Crippen molar-refractivity contribution in [2.45, 2.75) is 23.8 Å². The van der Waals surface area contributed by atoms with Crippen LogP contribution in [-0.2, 0) is 11.3 Å². The lowest BCUT2D eigenvalue weighted by molar-refractivity contribution is 0.0509. The molecule has 2 aromatic heterocycles. The minimum Gasteiger partial charge on any atom is -0.473 e. The summed E-state index contributed by atoms with van der Waals surface area (Å²) >= 11 is 1.90. The van der Waals surface area contributed by atoms with E-state index in [2.05, 4.69) is 10.1 Å². The van der Waals surface area contributed by atoms with Gasteiger partial charge in [0, 0.05) is 50.8 Å². The van der Waals surface area contributed by atoms with Gasteiger partial charge < -0.3 is 14.4 Å². The van der Waals surface area contributed by atoms with Crippen molar-refractivity contribution in [3.05, 3.63) is 42.4 Å². The monoisotopic (exact) mass is 374 g/mol. The van der Waals surface area contributed by atoms with E-state index in [1.807, 2.05) is 41.1 Å². The highest BCUT2D eigenvalue weighted by molar-refractivity contribution is 8.01. The van der Waals surface area contributed by atoms with Crippen LogP contribution in [0.5, 0.6) is 5.88 Å². The zero-order chi connectivity index (χ0) is 18.0. The SMILES string of the molecule is COCCn1ccc(C(=O)N2CC3(C[C@@H](Oc4ccccn4)CS3)C2)n1. The molecule has 2 saturated heterocycles. The molecule has 1 atom stereocenters. The second-order valence-electron chi connectivity index (χ2n) is 6.72. The van der Waals surface area contributed by atoms with E-state index >= 15 is 0 Å². The molecule has 0 aliphatic carbocycles. The topological polar surface area (TPSA) is 69.5 Å². The number of thioether (sulfide) groups is 1. The summed E-state index contributed by atoms with van der Waals surface area (Å²) in [5.41, 5.74) is 0.500. The van der Waals surface area contributed by atoms with Crippen LogP contribution in [0.1, 0.15) is 16.9 Å². The Morgan fingerprint density at radius 3 is 3.04 bits per heavy atom. The van der Waals surface area contributed by atoms with Gasteiger partial charge in [-0.15, -0.1) is 11.8 Å². The fourth-order valence-electron chi connectivity index (χ4n) is 3.43. The molecule has 0 saturated carbocycles. The second-order valence-corrected chi connectivity index (χ2v) is 8.21. The highest BCUT2D eigenvalue weighted by Gasteiger charge is 2.51. The van der Waals surface area contributed by atoms with E-state index in [9.17, 15) is 4.79 Å². The molecule has 2 aliphatic rings. The predicted octanol–water partition coefficient (Wildman–Crippen LogP) is 1.70. The summed E-state index contributed by atoms with van der Waals surface area (Å²) in [6, 6.07) is 7.46. The Morgan fingerprint density at radius 1 is 1.38 bits per heavy atom. The smallest absolute Gasteiger partial charge is 0.274 e. The van der Waals surface area contributed by atoms with Crippen LogP contribution in [0.2, 0.25) is 0 Å². The predicted molar refractivity (Wildman–Crippen MR) is 98.5 cm³/mol. The Kier molecular flexibility index (Phi) is 4.86. The highest BCUT2D eigenvalue weighted by atomic mass is 32.2. The minimum atomic E-state index is 0.00138. The van der Waals surface area contributed by atoms with Crippen molar-refractivity contribution in [2.24, 2.45) is 0 Å². The molecule has 2 fully saturated rings. The molecule has 7 nitrogen and oxygen atoms in total. The van der Waals surface area contributed by atoms with E-state index in [-0.39, 0.29) is 16.8 Å². The number of carbonyl (C=O) groups excluding carboxylic acids is 1. The lowest BCUT2D eigenvalue weighted by Crippen LogP contribution is -2.60. The van der Waals surface area contributed by atoms with Crippen LogP contribution < -0.4 is 4.74 Å². The summed E-state index contributed by atoms with van der Waals surface area (Å²) in [6.45, 7) is 2.74. The summed E-state index contributed by atoms with van der Waals surface area (Å²) < 4.78 is 12.9. The first-order valence-electron chi connectivity index (χ1n) is 8.71.